The molecule has 4 heterocycles. The number of carboxylic acids is 2. The maximum absolute atomic E-state index is 13.8. The number of likely N-dealkylation sites (N-methyl/N-ethyl adjacent to an activating group) is 1. The standard InChI is InChI=1S/C46H77NO17.C4H6O6/c1-13-33-30(22-58-45-42(57-12)41(56-11)37(52)26(5)60-45)18-23(2)14-15-31(49)24(3)19-29(16-17-48)39(25(4)32(50)20-34(51)62-33)64-44-38(53)36(47(9)10)40(27(6)61-44)63-35-21-46(8,55)43(54)28(7)59-35;5-1(3(7)8)2(6)4(9)10/h14-15,17-18,24-30,32-33,35-45,50,52-55H,13,16,19-22H2,1-12H3;1-2,5-6H,(H,7,8)(H,9,10)/t24?,25?,26?,27?,28?,29?,30?,32?,33?,35-,36?,37?,38?,39?,40?,41?,42?,43?,44+,45?,46+;/m0./s1. The van der Waals surface area contributed by atoms with Gasteiger partial charge in [-0.25, -0.2) is 9.59 Å². The molecule has 24 heteroatoms. The Kier molecular flexibility index (Phi) is 25.7. The number of aldehydes is 1. The average Bonchev–Trinajstić information content (AvgIpc) is 3.33. The first-order chi connectivity index (χ1) is 34.5. The van der Waals surface area contributed by atoms with Crippen LogP contribution >= 0.6 is 0 Å². The first-order valence-corrected chi connectivity index (χ1v) is 25.0. The van der Waals surface area contributed by atoms with Gasteiger partial charge in [0.15, 0.2) is 36.9 Å². The van der Waals surface area contributed by atoms with Crippen LogP contribution in [0, 0.1) is 23.7 Å². The highest BCUT2D eigenvalue weighted by atomic mass is 16.7. The second-order valence-corrected chi connectivity index (χ2v) is 20.3. The van der Waals surface area contributed by atoms with Gasteiger partial charge in [0.1, 0.15) is 49.0 Å². The average molecular weight is 1070 g/mol. The van der Waals surface area contributed by atoms with Crippen LogP contribution in [0.4, 0.5) is 0 Å². The lowest BCUT2D eigenvalue weighted by Gasteiger charge is -2.50. The third-order valence-corrected chi connectivity index (χ3v) is 14.2. The smallest absolute Gasteiger partial charge is 0.335 e. The number of methoxy groups -OCH3 is 2. The minimum atomic E-state index is -2.27. The predicted molar refractivity (Wildman–Crippen MR) is 258 cm³/mol. The molecule has 20 unspecified atom stereocenters. The minimum Gasteiger partial charge on any atom is -0.479 e. The van der Waals surface area contributed by atoms with Crippen LogP contribution in [-0.4, -0.2) is 232 Å². The van der Waals surface area contributed by atoms with Crippen LogP contribution in [0.3, 0.4) is 0 Å². The number of carbonyl (C=O) groups is 5. The van der Waals surface area contributed by atoms with Gasteiger partial charge >= 0.3 is 17.9 Å². The molecule has 4 rings (SSSR count). The van der Waals surface area contributed by atoms with Crippen LogP contribution in [-0.2, 0) is 66.6 Å². The van der Waals surface area contributed by atoms with E-state index in [1.807, 2.05) is 19.9 Å². The van der Waals surface area contributed by atoms with Crippen LogP contribution in [0.25, 0.3) is 0 Å². The largest absolute Gasteiger partial charge is 0.479 e. The van der Waals surface area contributed by atoms with Gasteiger partial charge in [0.2, 0.25) is 0 Å². The monoisotopic (exact) mass is 1070 g/mol. The van der Waals surface area contributed by atoms with Gasteiger partial charge in [-0.05, 0) is 73.5 Å². The van der Waals surface area contributed by atoms with E-state index in [-0.39, 0.29) is 31.7 Å². The van der Waals surface area contributed by atoms with E-state index in [1.165, 1.54) is 27.2 Å². The Morgan fingerprint density at radius 2 is 1.43 bits per heavy atom. The zero-order valence-electron chi connectivity index (χ0n) is 44.4. The number of carboxylic acid groups (broad SMARTS) is 2. The second-order valence-electron chi connectivity index (χ2n) is 20.3. The molecule has 23 atom stereocenters. The SMILES string of the molecule is CCC1OC(=O)CC(O)C(C)C(O[C@H]2OC(C)C(O[C@H]3C[C@@](C)(O)C(O)C(C)O3)C(N(C)C)C2O)C(CC=O)CC(C)C(=O)C=CC(C)=CC1COC1OC(C)C(O)C(OC)C1OC.O=C(O)C(O)C(O)C(=O)O. The third kappa shape index (κ3) is 17.3. The van der Waals surface area contributed by atoms with E-state index in [2.05, 4.69) is 0 Å². The van der Waals surface area contributed by atoms with Gasteiger partial charge < -0.3 is 98.3 Å². The highest BCUT2D eigenvalue weighted by molar-refractivity contribution is 5.91. The molecule has 74 heavy (non-hydrogen) atoms. The van der Waals surface area contributed by atoms with Crippen molar-refractivity contribution in [3.63, 3.8) is 0 Å². The lowest BCUT2D eigenvalue weighted by molar-refractivity contribution is -0.341. The molecule has 24 nitrogen and oxygen atoms in total. The van der Waals surface area contributed by atoms with Crippen molar-refractivity contribution in [1.29, 1.82) is 0 Å². The Morgan fingerprint density at radius 3 is 1.96 bits per heavy atom. The van der Waals surface area contributed by atoms with Crippen LogP contribution in [0.1, 0.15) is 87.5 Å². The van der Waals surface area contributed by atoms with Crippen LogP contribution in [0.5, 0.6) is 0 Å². The van der Waals surface area contributed by atoms with Gasteiger partial charge in [0.05, 0.1) is 55.2 Å². The maximum atomic E-state index is 13.8. The molecule has 0 aliphatic carbocycles. The molecule has 4 aliphatic rings. The number of aliphatic carboxylic acids is 2. The Hall–Kier alpha value is -3.41. The van der Waals surface area contributed by atoms with Crippen molar-refractivity contribution in [1.82, 2.24) is 4.90 Å². The van der Waals surface area contributed by atoms with Gasteiger partial charge in [-0.2, -0.15) is 0 Å². The van der Waals surface area contributed by atoms with E-state index in [0.29, 0.717) is 12.0 Å². The van der Waals surface area contributed by atoms with Crippen LogP contribution in [0.2, 0.25) is 0 Å². The summed E-state index contributed by atoms with van der Waals surface area (Å²) in [6.07, 6.45) is -13.0. The minimum absolute atomic E-state index is 0.00788. The van der Waals surface area contributed by atoms with Gasteiger partial charge in [0.25, 0.3) is 0 Å². The molecular weight excluding hydrogens is 983 g/mol. The summed E-state index contributed by atoms with van der Waals surface area (Å²) in [5.41, 5.74) is -0.806. The van der Waals surface area contributed by atoms with Gasteiger partial charge in [-0.15, -0.1) is 0 Å². The molecule has 9 N–H and O–H groups in total. The number of nitrogens with zero attached hydrogens (tertiary/aromatic N) is 1. The molecule has 0 saturated carbocycles. The van der Waals surface area contributed by atoms with Gasteiger partial charge in [-0.3, -0.25) is 9.59 Å². The highest BCUT2D eigenvalue weighted by Crippen LogP contribution is 2.37. The summed E-state index contributed by atoms with van der Waals surface area (Å²) in [5.74, 6) is -7.13. The van der Waals surface area contributed by atoms with Crippen LogP contribution in [0.15, 0.2) is 23.8 Å². The number of carbonyl (C=O) groups excluding carboxylic acids is 3. The van der Waals surface area contributed by atoms with E-state index >= 15 is 0 Å². The topological polar surface area (TPSA) is 354 Å². The normalized spacial score (nSPS) is 40.7. The van der Waals surface area contributed by atoms with E-state index in [9.17, 15) is 49.5 Å². The maximum Gasteiger partial charge on any atom is 0.335 e. The van der Waals surface area contributed by atoms with Crippen LogP contribution < -0.4 is 0 Å². The summed E-state index contributed by atoms with van der Waals surface area (Å²) in [6, 6.07) is -0.748. The van der Waals surface area contributed by atoms with Gasteiger partial charge in [0, 0.05) is 44.8 Å². The van der Waals surface area contributed by atoms with Crippen molar-refractivity contribution in [2.24, 2.45) is 23.7 Å². The summed E-state index contributed by atoms with van der Waals surface area (Å²) in [6.45, 7) is 13.6. The third-order valence-electron chi connectivity index (χ3n) is 14.2. The first kappa shape index (κ1) is 64.9. The van der Waals surface area contributed by atoms with E-state index in [1.54, 1.807) is 59.7 Å². The molecule has 0 aromatic heterocycles. The van der Waals surface area contributed by atoms with Gasteiger partial charge in [-0.1, -0.05) is 38.5 Å². The van der Waals surface area contributed by atoms with E-state index in [0.717, 1.165) is 6.29 Å². The number of aliphatic hydroxyl groups excluding tert-OH is 6. The Balaban J connectivity index is 0.00000130. The molecule has 0 amide bonds. The number of ketones is 1. The number of esters is 1. The molecule has 4 aliphatic heterocycles. The number of hydrogen-bond donors (Lipinski definition) is 9. The number of rotatable bonds is 16. The summed E-state index contributed by atoms with van der Waals surface area (Å²) in [7, 11) is 6.43. The molecule has 3 fully saturated rings. The molecule has 0 bridgehead atoms. The first-order valence-electron chi connectivity index (χ1n) is 25.0. The number of aliphatic hydroxyl groups is 7. The number of hydrogen-bond acceptors (Lipinski definition) is 22. The predicted octanol–water partition coefficient (Wildman–Crippen LogP) is -0.289. The fourth-order valence-electron chi connectivity index (χ4n) is 9.78. The summed E-state index contributed by atoms with van der Waals surface area (Å²) in [5, 5.41) is 88.3. The number of cyclic esters (lactones) is 1. The zero-order valence-corrected chi connectivity index (χ0v) is 44.4. The van der Waals surface area contributed by atoms with Crippen molar-refractivity contribution in [3.8, 4) is 0 Å². The van der Waals surface area contributed by atoms with Crippen molar-refractivity contribution < 1.29 is 113 Å². The zero-order chi connectivity index (χ0) is 56.1. The van der Waals surface area contributed by atoms with Crippen molar-refractivity contribution in [3.05, 3.63) is 23.8 Å². The fourth-order valence-corrected chi connectivity index (χ4v) is 9.78. The quantitative estimate of drug-likeness (QED) is 0.0708. The Bertz CT molecular complexity index is 1850. The lowest BCUT2D eigenvalue weighted by atomic mass is 9.79. The molecule has 0 aromatic rings. The number of allylic oxidation sites excluding steroid dienone is 3. The molecule has 0 radical (unpaired) electrons. The lowest BCUT2D eigenvalue weighted by Crippen LogP contribution is -2.65. The van der Waals surface area contributed by atoms with Crippen molar-refractivity contribution >= 4 is 30.0 Å². The highest BCUT2D eigenvalue weighted by Gasteiger charge is 2.52. The Labute approximate surface area is 432 Å². The summed E-state index contributed by atoms with van der Waals surface area (Å²) in [4.78, 5) is 61.1. The Morgan fingerprint density at radius 1 is 0.838 bits per heavy atom. The second kappa shape index (κ2) is 29.4. The summed E-state index contributed by atoms with van der Waals surface area (Å²) >= 11 is 0. The molecular formula is C50H83NO23. The molecule has 0 spiro atoms. The molecule has 3 saturated heterocycles. The fraction of sp³-hybridized carbons (Fsp3) is 0.820. The van der Waals surface area contributed by atoms with E-state index in [4.69, 9.17) is 63.1 Å². The summed E-state index contributed by atoms with van der Waals surface area (Å²) < 4.78 is 54.7. The molecule has 426 valence electrons. The van der Waals surface area contributed by atoms with E-state index < -0.39 is 164 Å². The van der Waals surface area contributed by atoms with Crippen molar-refractivity contribution in [2.75, 3.05) is 34.9 Å². The van der Waals surface area contributed by atoms with Crippen molar-refractivity contribution in [2.45, 2.75) is 203 Å². The molecule has 0 aromatic carbocycles. The number of ether oxygens (including phenoxy) is 9.